The van der Waals surface area contributed by atoms with Gasteiger partial charge in [0.2, 0.25) is 0 Å². The zero-order chi connectivity index (χ0) is 12.1. The summed E-state index contributed by atoms with van der Waals surface area (Å²) in [5, 5.41) is 14.0. The number of carbonyl (C=O) groups is 1. The molecule has 1 saturated heterocycles. The molecule has 0 spiro atoms. The molecule has 0 unspecified atom stereocenters. The number of hydrogen-bond acceptors (Lipinski definition) is 4. The molecule has 0 aliphatic carbocycles. The molecule has 7 nitrogen and oxygen atoms in total. The quantitative estimate of drug-likeness (QED) is 0.695. The van der Waals surface area contributed by atoms with E-state index in [1.165, 1.54) is 0 Å². The van der Waals surface area contributed by atoms with Crippen molar-refractivity contribution >= 4 is 6.03 Å². The minimum atomic E-state index is 0.0120. The third kappa shape index (κ3) is 3.16. The lowest BCUT2D eigenvalue weighted by Crippen LogP contribution is -2.31. The van der Waals surface area contributed by atoms with Gasteiger partial charge in [-0.05, 0) is 6.54 Å². The molecule has 2 heterocycles. The number of carbonyl (C=O) groups excluding carboxylic acids is 1. The summed E-state index contributed by atoms with van der Waals surface area (Å²) >= 11 is 0. The monoisotopic (exact) mass is 238 g/mol. The van der Waals surface area contributed by atoms with Gasteiger partial charge in [-0.2, -0.15) is 0 Å². The summed E-state index contributed by atoms with van der Waals surface area (Å²) in [5.41, 5.74) is 0.928. The van der Waals surface area contributed by atoms with E-state index in [9.17, 15) is 4.79 Å². The van der Waals surface area contributed by atoms with Crippen LogP contribution in [0.15, 0.2) is 6.20 Å². The van der Waals surface area contributed by atoms with Crippen LogP contribution in [0.3, 0.4) is 0 Å². The van der Waals surface area contributed by atoms with Crippen LogP contribution in [0, 0.1) is 0 Å². The van der Waals surface area contributed by atoms with Crippen molar-refractivity contribution in [3.63, 3.8) is 0 Å². The highest BCUT2D eigenvalue weighted by molar-refractivity contribution is 5.76. The van der Waals surface area contributed by atoms with E-state index in [-0.39, 0.29) is 6.03 Å². The Kier molecular flexibility index (Phi) is 3.92. The lowest BCUT2D eigenvalue weighted by molar-refractivity contribution is 0.215. The van der Waals surface area contributed by atoms with Crippen LogP contribution in [0.1, 0.15) is 12.6 Å². The van der Waals surface area contributed by atoms with E-state index in [0.29, 0.717) is 13.1 Å². The van der Waals surface area contributed by atoms with Gasteiger partial charge in [-0.15, -0.1) is 5.10 Å². The molecule has 1 aliphatic rings. The van der Waals surface area contributed by atoms with Crippen molar-refractivity contribution in [2.75, 3.05) is 26.2 Å². The molecule has 0 bridgehead atoms. The highest BCUT2D eigenvalue weighted by atomic mass is 16.2. The molecule has 2 amide bonds. The van der Waals surface area contributed by atoms with Crippen LogP contribution in [0.2, 0.25) is 0 Å². The minimum Gasteiger partial charge on any atom is -0.336 e. The molecular weight excluding hydrogens is 220 g/mol. The van der Waals surface area contributed by atoms with Crippen molar-refractivity contribution in [2.24, 2.45) is 0 Å². The number of amides is 2. The van der Waals surface area contributed by atoms with Gasteiger partial charge in [-0.25, -0.2) is 4.79 Å². The normalized spacial score (nSPS) is 15.4. The van der Waals surface area contributed by atoms with E-state index >= 15 is 0 Å². The van der Waals surface area contributed by atoms with Crippen LogP contribution in [-0.4, -0.2) is 52.1 Å². The molecular formula is C10H18N6O. The highest BCUT2D eigenvalue weighted by Crippen LogP contribution is 1.98. The second kappa shape index (κ2) is 5.62. The predicted molar refractivity (Wildman–Crippen MR) is 62.4 cm³/mol. The number of aromatic nitrogens is 3. The first-order chi connectivity index (χ1) is 8.29. The van der Waals surface area contributed by atoms with Crippen LogP contribution < -0.4 is 10.6 Å². The third-order valence-corrected chi connectivity index (χ3v) is 2.69. The Morgan fingerprint density at radius 1 is 1.53 bits per heavy atom. The fourth-order valence-corrected chi connectivity index (χ4v) is 1.73. The summed E-state index contributed by atoms with van der Waals surface area (Å²) in [6, 6.07) is 0.0120. The van der Waals surface area contributed by atoms with Crippen LogP contribution in [0.25, 0.3) is 0 Å². The van der Waals surface area contributed by atoms with E-state index in [2.05, 4.69) is 27.9 Å². The Morgan fingerprint density at radius 3 is 3.12 bits per heavy atom. The summed E-state index contributed by atoms with van der Waals surface area (Å²) in [4.78, 5) is 13.1. The summed E-state index contributed by atoms with van der Waals surface area (Å²) in [7, 11) is 0. The Balaban J connectivity index is 1.78. The minimum absolute atomic E-state index is 0.0120. The van der Waals surface area contributed by atoms with Crippen molar-refractivity contribution in [3.05, 3.63) is 11.9 Å². The lowest BCUT2D eigenvalue weighted by Gasteiger charge is -2.12. The average molecular weight is 238 g/mol. The van der Waals surface area contributed by atoms with Crippen molar-refractivity contribution < 1.29 is 4.79 Å². The molecule has 1 fully saturated rings. The van der Waals surface area contributed by atoms with Crippen LogP contribution in [0.4, 0.5) is 4.79 Å². The van der Waals surface area contributed by atoms with Gasteiger partial charge in [0.25, 0.3) is 0 Å². The van der Waals surface area contributed by atoms with Gasteiger partial charge < -0.3 is 15.5 Å². The molecule has 0 saturated carbocycles. The van der Waals surface area contributed by atoms with Gasteiger partial charge in [0.1, 0.15) is 0 Å². The molecule has 0 radical (unpaired) electrons. The molecule has 1 aromatic rings. The number of nitrogens with one attached hydrogen (secondary N) is 2. The lowest BCUT2D eigenvalue weighted by atomic mass is 10.4. The molecule has 1 aliphatic heterocycles. The largest absolute Gasteiger partial charge is 0.336 e. The van der Waals surface area contributed by atoms with E-state index in [1.54, 1.807) is 9.58 Å². The maximum absolute atomic E-state index is 11.3. The van der Waals surface area contributed by atoms with Crippen molar-refractivity contribution in [1.82, 2.24) is 30.5 Å². The molecule has 17 heavy (non-hydrogen) atoms. The molecule has 2 N–H and O–H groups in total. The summed E-state index contributed by atoms with van der Waals surface area (Å²) in [6.07, 6.45) is 1.91. The van der Waals surface area contributed by atoms with Crippen LogP contribution >= 0.6 is 0 Å². The zero-order valence-electron chi connectivity index (χ0n) is 10.0. The van der Waals surface area contributed by atoms with Gasteiger partial charge in [-0.1, -0.05) is 12.1 Å². The second-order valence-electron chi connectivity index (χ2n) is 3.97. The van der Waals surface area contributed by atoms with Gasteiger partial charge in [0, 0.05) is 32.4 Å². The maximum atomic E-state index is 11.3. The molecule has 2 rings (SSSR count). The molecule has 0 atom stereocenters. The Morgan fingerprint density at radius 2 is 2.41 bits per heavy atom. The van der Waals surface area contributed by atoms with Crippen molar-refractivity contribution in [2.45, 2.75) is 20.0 Å². The van der Waals surface area contributed by atoms with Crippen molar-refractivity contribution in [3.8, 4) is 0 Å². The Labute approximate surface area is 100 Å². The van der Waals surface area contributed by atoms with Gasteiger partial charge in [0.15, 0.2) is 0 Å². The molecule has 7 heteroatoms. The number of hydrogen-bond donors (Lipinski definition) is 2. The number of urea groups is 1. The van der Waals surface area contributed by atoms with Gasteiger partial charge >= 0.3 is 6.03 Å². The average Bonchev–Trinajstić information content (AvgIpc) is 2.93. The van der Waals surface area contributed by atoms with E-state index in [4.69, 9.17) is 0 Å². The summed E-state index contributed by atoms with van der Waals surface area (Å²) < 4.78 is 1.78. The van der Waals surface area contributed by atoms with E-state index in [1.807, 2.05) is 6.20 Å². The van der Waals surface area contributed by atoms with Crippen molar-refractivity contribution in [1.29, 1.82) is 0 Å². The topological polar surface area (TPSA) is 75.1 Å². The van der Waals surface area contributed by atoms with E-state index in [0.717, 1.165) is 31.9 Å². The first-order valence-electron chi connectivity index (χ1n) is 5.92. The first kappa shape index (κ1) is 11.8. The first-order valence-corrected chi connectivity index (χ1v) is 5.92. The number of nitrogens with zero attached hydrogens (tertiary/aromatic N) is 4. The maximum Gasteiger partial charge on any atom is 0.317 e. The zero-order valence-corrected chi connectivity index (χ0v) is 10.0. The fourth-order valence-electron chi connectivity index (χ4n) is 1.73. The predicted octanol–water partition coefficient (Wildman–Crippen LogP) is -0.587. The third-order valence-electron chi connectivity index (χ3n) is 2.69. The van der Waals surface area contributed by atoms with Gasteiger partial charge in [-0.3, -0.25) is 4.68 Å². The smallest absolute Gasteiger partial charge is 0.317 e. The van der Waals surface area contributed by atoms with Gasteiger partial charge in [0.05, 0.1) is 12.2 Å². The summed E-state index contributed by atoms with van der Waals surface area (Å²) in [6.45, 7) is 6.58. The summed E-state index contributed by atoms with van der Waals surface area (Å²) in [5.74, 6) is 0. The van der Waals surface area contributed by atoms with Crippen LogP contribution in [-0.2, 0) is 13.1 Å². The SMILES string of the molecule is CCNCc1cn(CCN2CCNC2=O)nn1. The highest BCUT2D eigenvalue weighted by Gasteiger charge is 2.18. The fraction of sp³-hybridized carbons (Fsp3) is 0.700. The standard InChI is InChI=1S/C10H18N6O/c1-2-11-7-9-8-16(14-13-9)6-5-15-4-3-12-10(15)17/h8,11H,2-7H2,1H3,(H,12,17). The molecule has 0 aromatic carbocycles. The molecule has 1 aromatic heterocycles. The van der Waals surface area contributed by atoms with E-state index < -0.39 is 0 Å². The Bertz CT molecular complexity index is 377. The second-order valence-corrected chi connectivity index (χ2v) is 3.97. The van der Waals surface area contributed by atoms with Crippen LogP contribution in [0.5, 0.6) is 0 Å². The number of rotatable bonds is 6. The molecule has 94 valence electrons. The Hall–Kier alpha value is -1.63.